The quantitative estimate of drug-likeness (QED) is 0.670. The number of pyridine rings is 1. The molecule has 1 aliphatic heterocycles. The lowest BCUT2D eigenvalue weighted by atomic mass is 9.78. The van der Waals surface area contributed by atoms with E-state index in [1.165, 1.54) is 6.21 Å². The predicted octanol–water partition coefficient (Wildman–Crippen LogP) is 3.12. The Hall–Kier alpha value is -2.18. The first kappa shape index (κ1) is 16.7. The highest BCUT2D eigenvalue weighted by Crippen LogP contribution is 2.36. The van der Waals surface area contributed by atoms with Crippen LogP contribution in [0.25, 0.3) is 0 Å². The van der Waals surface area contributed by atoms with E-state index in [4.69, 9.17) is 14.7 Å². The van der Waals surface area contributed by atoms with E-state index in [1.54, 1.807) is 6.20 Å². The molecule has 1 aromatic heterocycles. The van der Waals surface area contributed by atoms with Crippen LogP contribution in [0.5, 0.6) is 0 Å². The molecule has 124 valence electrons. The number of benzene rings is 1. The maximum absolute atomic E-state index is 7.61. The second kappa shape index (κ2) is 6.04. The molecule has 2 heterocycles. The van der Waals surface area contributed by atoms with E-state index < -0.39 is 7.12 Å². The van der Waals surface area contributed by atoms with Gasteiger partial charge in [0, 0.05) is 23.7 Å². The molecule has 0 saturated carbocycles. The van der Waals surface area contributed by atoms with Gasteiger partial charge in [0.05, 0.1) is 11.2 Å². The summed E-state index contributed by atoms with van der Waals surface area (Å²) < 4.78 is 12.2. The van der Waals surface area contributed by atoms with E-state index in [2.05, 4.69) is 10.3 Å². The Morgan fingerprint density at radius 1 is 1.08 bits per heavy atom. The van der Waals surface area contributed by atoms with Crippen LogP contribution in [0.15, 0.2) is 42.6 Å². The van der Waals surface area contributed by atoms with Gasteiger partial charge in [0.25, 0.3) is 0 Å². The third kappa shape index (κ3) is 3.07. The van der Waals surface area contributed by atoms with Gasteiger partial charge in [0.15, 0.2) is 0 Å². The van der Waals surface area contributed by atoms with Gasteiger partial charge in [0.1, 0.15) is 5.82 Å². The van der Waals surface area contributed by atoms with Crippen molar-refractivity contribution in [3.05, 3.63) is 48.2 Å². The summed E-state index contributed by atoms with van der Waals surface area (Å²) in [7, 11) is -0.431. The highest BCUT2D eigenvalue weighted by Gasteiger charge is 2.51. The van der Waals surface area contributed by atoms with Gasteiger partial charge in [-0.3, -0.25) is 0 Å². The van der Waals surface area contributed by atoms with Crippen LogP contribution in [-0.2, 0) is 9.31 Å². The van der Waals surface area contributed by atoms with Crippen molar-refractivity contribution in [2.75, 3.05) is 5.32 Å². The molecule has 0 spiro atoms. The van der Waals surface area contributed by atoms with Crippen LogP contribution >= 0.6 is 0 Å². The number of hydrogen-bond donors (Lipinski definition) is 2. The van der Waals surface area contributed by atoms with Crippen LogP contribution in [0.1, 0.15) is 33.3 Å². The lowest BCUT2D eigenvalue weighted by Gasteiger charge is -2.32. The second-order valence-electron chi connectivity index (χ2n) is 6.92. The molecule has 3 rings (SSSR count). The first-order valence-electron chi connectivity index (χ1n) is 8.00. The van der Waals surface area contributed by atoms with Crippen LogP contribution in [0.4, 0.5) is 11.5 Å². The number of aromatic nitrogens is 1. The van der Waals surface area contributed by atoms with Gasteiger partial charge in [-0.15, -0.1) is 0 Å². The fourth-order valence-electron chi connectivity index (χ4n) is 2.51. The van der Waals surface area contributed by atoms with E-state index in [9.17, 15) is 0 Å². The van der Waals surface area contributed by atoms with E-state index >= 15 is 0 Å². The van der Waals surface area contributed by atoms with Crippen molar-refractivity contribution in [2.45, 2.75) is 38.9 Å². The number of nitrogens with zero attached hydrogens (tertiary/aromatic N) is 1. The molecule has 24 heavy (non-hydrogen) atoms. The fraction of sp³-hybridized carbons (Fsp3) is 0.333. The molecule has 6 heteroatoms. The van der Waals surface area contributed by atoms with Crippen molar-refractivity contribution in [3.8, 4) is 0 Å². The zero-order valence-corrected chi connectivity index (χ0v) is 14.5. The summed E-state index contributed by atoms with van der Waals surface area (Å²) in [5.74, 6) is 0.728. The third-order valence-electron chi connectivity index (χ3n) is 4.69. The predicted molar refractivity (Wildman–Crippen MR) is 97.6 cm³/mol. The molecule has 1 aromatic carbocycles. The topological polar surface area (TPSA) is 67.2 Å². The van der Waals surface area contributed by atoms with Crippen molar-refractivity contribution in [1.29, 1.82) is 5.41 Å². The van der Waals surface area contributed by atoms with E-state index in [0.29, 0.717) is 0 Å². The zero-order valence-electron chi connectivity index (χ0n) is 14.5. The smallest absolute Gasteiger partial charge is 0.399 e. The van der Waals surface area contributed by atoms with Crippen molar-refractivity contribution in [3.63, 3.8) is 0 Å². The highest BCUT2D eigenvalue weighted by atomic mass is 16.7. The van der Waals surface area contributed by atoms with Gasteiger partial charge in [-0.1, -0.05) is 18.2 Å². The van der Waals surface area contributed by atoms with Gasteiger partial charge < -0.3 is 20.0 Å². The molecule has 0 unspecified atom stereocenters. The average Bonchev–Trinajstić information content (AvgIpc) is 2.76. The minimum absolute atomic E-state index is 0.382. The summed E-state index contributed by atoms with van der Waals surface area (Å²) in [6.45, 7) is 8.13. The summed E-state index contributed by atoms with van der Waals surface area (Å²) in [5.41, 5.74) is 1.73. The Morgan fingerprint density at radius 3 is 2.38 bits per heavy atom. The van der Waals surface area contributed by atoms with Crippen molar-refractivity contribution in [2.24, 2.45) is 0 Å². The number of anilines is 2. The SMILES string of the molecule is CC1(C)OB(c2ccc(C=N)c(Nc3ccccn3)c2)OC1(C)C. The largest absolute Gasteiger partial charge is 0.494 e. The molecular weight excluding hydrogens is 301 g/mol. The van der Waals surface area contributed by atoms with Gasteiger partial charge in [-0.25, -0.2) is 4.98 Å². The van der Waals surface area contributed by atoms with Gasteiger partial charge in [-0.05, 0) is 51.4 Å². The Kier molecular flexibility index (Phi) is 4.19. The third-order valence-corrected chi connectivity index (χ3v) is 4.69. The summed E-state index contributed by atoms with van der Waals surface area (Å²) in [4.78, 5) is 4.27. The maximum Gasteiger partial charge on any atom is 0.494 e. The van der Waals surface area contributed by atoms with Crippen LogP contribution in [-0.4, -0.2) is 29.5 Å². The number of hydrogen-bond acceptors (Lipinski definition) is 5. The van der Waals surface area contributed by atoms with Crippen LogP contribution in [0.3, 0.4) is 0 Å². The molecule has 0 amide bonds. The molecular formula is C18H22BN3O2. The van der Waals surface area contributed by atoms with E-state index in [0.717, 1.165) is 22.5 Å². The average molecular weight is 323 g/mol. The minimum atomic E-state index is -0.431. The van der Waals surface area contributed by atoms with Gasteiger partial charge in [0.2, 0.25) is 0 Å². The highest BCUT2D eigenvalue weighted by molar-refractivity contribution is 6.62. The Labute approximate surface area is 143 Å². The van der Waals surface area contributed by atoms with E-state index in [-0.39, 0.29) is 11.2 Å². The normalized spacial score (nSPS) is 18.4. The summed E-state index contributed by atoms with van der Waals surface area (Å²) >= 11 is 0. The van der Waals surface area contributed by atoms with Crippen molar-refractivity contribution in [1.82, 2.24) is 4.98 Å². The molecule has 0 aliphatic carbocycles. The van der Waals surface area contributed by atoms with Crippen LogP contribution in [0.2, 0.25) is 0 Å². The van der Waals surface area contributed by atoms with Crippen LogP contribution in [0, 0.1) is 5.41 Å². The zero-order chi connectivity index (χ0) is 17.4. The number of nitrogens with one attached hydrogen (secondary N) is 2. The molecule has 0 bridgehead atoms. The molecule has 0 atom stereocenters. The molecule has 5 nitrogen and oxygen atoms in total. The fourth-order valence-corrected chi connectivity index (χ4v) is 2.51. The lowest BCUT2D eigenvalue weighted by Crippen LogP contribution is -2.41. The Balaban J connectivity index is 1.91. The molecule has 2 aromatic rings. The second-order valence-corrected chi connectivity index (χ2v) is 6.92. The maximum atomic E-state index is 7.61. The Morgan fingerprint density at radius 2 is 1.79 bits per heavy atom. The van der Waals surface area contributed by atoms with Crippen LogP contribution < -0.4 is 10.8 Å². The standard InChI is InChI=1S/C18H22BN3O2/c1-17(2)18(3,4)24-19(23-17)14-9-8-13(12-20)15(11-14)22-16-7-5-6-10-21-16/h5-12,20H,1-4H3,(H,21,22). The number of rotatable bonds is 4. The van der Waals surface area contributed by atoms with Gasteiger partial charge in [-0.2, -0.15) is 0 Å². The molecule has 0 radical (unpaired) electrons. The first-order valence-corrected chi connectivity index (χ1v) is 8.00. The monoisotopic (exact) mass is 323 g/mol. The van der Waals surface area contributed by atoms with Gasteiger partial charge >= 0.3 is 7.12 Å². The first-order chi connectivity index (χ1) is 11.3. The van der Waals surface area contributed by atoms with E-state index in [1.807, 2.05) is 64.1 Å². The summed E-state index contributed by atoms with van der Waals surface area (Å²) in [6, 6.07) is 11.4. The molecule has 2 N–H and O–H groups in total. The minimum Gasteiger partial charge on any atom is -0.399 e. The van der Waals surface area contributed by atoms with Crippen molar-refractivity contribution < 1.29 is 9.31 Å². The molecule has 1 saturated heterocycles. The van der Waals surface area contributed by atoms with Crippen molar-refractivity contribution >= 4 is 30.3 Å². The molecule has 1 aliphatic rings. The summed E-state index contributed by atoms with van der Waals surface area (Å²) in [6.07, 6.45) is 3.05. The molecule has 1 fully saturated rings. The summed E-state index contributed by atoms with van der Waals surface area (Å²) in [5, 5.41) is 10.9. The Bertz CT molecular complexity index is 731. The lowest BCUT2D eigenvalue weighted by molar-refractivity contribution is 0.00578.